The zero-order valence-electron chi connectivity index (χ0n) is 18.1. The molecule has 162 valence electrons. The lowest BCUT2D eigenvalue weighted by Crippen LogP contribution is -2.33. The second-order valence-corrected chi connectivity index (χ2v) is 7.56. The molecule has 31 heavy (non-hydrogen) atoms. The van der Waals surface area contributed by atoms with Crippen molar-refractivity contribution in [2.45, 2.75) is 33.4 Å². The van der Waals surface area contributed by atoms with E-state index in [1.807, 2.05) is 32.0 Å². The Morgan fingerprint density at radius 1 is 1.26 bits per heavy atom. The molecule has 0 fully saturated rings. The Morgan fingerprint density at radius 3 is 2.71 bits per heavy atom. The summed E-state index contributed by atoms with van der Waals surface area (Å²) in [6.45, 7) is 7.94. The number of pyridine rings is 1. The highest BCUT2D eigenvalue weighted by Gasteiger charge is 2.25. The van der Waals surface area contributed by atoms with Crippen LogP contribution >= 0.6 is 0 Å². The molecule has 1 aliphatic rings. The average molecular weight is 422 g/mol. The van der Waals surface area contributed by atoms with Crippen LogP contribution in [0.25, 0.3) is 0 Å². The van der Waals surface area contributed by atoms with Crippen molar-refractivity contribution < 1.29 is 18.8 Å². The molecule has 1 atom stereocenters. The molecular formula is C23H26N4O4. The van der Waals surface area contributed by atoms with Gasteiger partial charge in [0.05, 0.1) is 31.0 Å². The molecule has 0 unspecified atom stereocenters. The number of carbonyl (C=O) groups is 1. The van der Waals surface area contributed by atoms with Crippen molar-refractivity contribution in [1.29, 1.82) is 0 Å². The molecule has 8 nitrogen and oxygen atoms in total. The van der Waals surface area contributed by atoms with Gasteiger partial charge in [-0.05, 0) is 38.5 Å². The third-order valence-electron chi connectivity index (χ3n) is 5.54. The van der Waals surface area contributed by atoms with Crippen molar-refractivity contribution in [3.63, 3.8) is 0 Å². The Morgan fingerprint density at radius 2 is 2.03 bits per heavy atom. The fraction of sp³-hybridized carbons (Fsp3) is 0.348. The second kappa shape index (κ2) is 8.67. The first-order valence-electron chi connectivity index (χ1n) is 10.2. The van der Waals surface area contributed by atoms with Crippen molar-refractivity contribution >= 4 is 17.5 Å². The summed E-state index contributed by atoms with van der Waals surface area (Å²) >= 11 is 0. The molecular weight excluding hydrogens is 396 g/mol. The Bertz CT molecular complexity index is 1060. The molecule has 1 N–H and O–H groups in total. The van der Waals surface area contributed by atoms with E-state index < -0.39 is 0 Å². The lowest BCUT2D eigenvalue weighted by atomic mass is 10.1. The van der Waals surface area contributed by atoms with Gasteiger partial charge in [0.1, 0.15) is 23.8 Å². The highest BCUT2D eigenvalue weighted by Crippen LogP contribution is 2.39. The summed E-state index contributed by atoms with van der Waals surface area (Å²) in [7, 11) is 1.38. The largest absolute Gasteiger partial charge is 0.489 e. The molecule has 8 heteroatoms. The Kier molecular flexibility index (Phi) is 5.79. The summed E-state index contributed by atoms with van der Waals surface area (Å²) in [6.07, 6.45) is 1.74. The van der Waals surface area contributed by atoms with Crippen LogP contribution in [-0.4, -0.2) is 36.4 Å². The number of hydrogen-bond acceptors (Lipinski definition) is 8. The normalized spacial score (nSPS) is 13.9. The van der Waals surface area contributed by atoms with Crippen LogP contribution in [0.2, 0.25) is 0 Å². The Labute approximate surface area is 181 Å². The number of nitrogens with zero attached hydrogens (tertiary/aromatic N) is 3. The topological polar surface area (TPSA) is 89.7 Å². The van der Waals surface area contributed by atoms with Gasteiger partial charge in [-0.25, -0.2) is 9.78 Å². The number of benzene rings is 1. The number of hydrogen-bond donors (Lipinski definition) is 1. The molecule has 0 radical (unpaired) electrons. The van der Waals surface area contributed by atoms with Crippen molar-refractivity contribution in [3.05, 3.63) is 64.7 Å². The third kappa shape index (κ3) is 4.19. The number of esters is 1. The summed E-state index contributed by atoms with van der Waals surface area (Å²) in [5.74, 6) is 2.01. The summed E-state index contributed by atoms with van der Waals surface area (Å²) in [5, 5.41) is 7.58. The van der Waals surface area contributed by atoms with Gasteiger partial charge < -0.3 is 24.2 Å². The number of methoxy groups -OCH3 is 1. The number of anilines is 2. The summed E-state index contributed by atoms with van der Waals surface area (Å²) in [6, 6.07) is 9.21. The molecule has 0 saturated heterocycles. The highest BCUT2D eigenvalue weighted by atomic mass is 16.5. The fourth-order valence-corrected chi connectivity index (χ4v) is 3.73. The predicted octanol–water partition coefficient (Wildman–Crippen LogP) is 4.05. The van der Waals surface area contributed by atoms with E-state index >= 15 is 0 Å². The minimum atomic E-state index is -0.349. The van der Waals surface area contributed by atoms with Crippen molar-refractivity contribution in [1.82, 2.24) is 10.1 Å². The number of aryl methyl sites for hydroxylation is 2. The molecule has 0 spiro atoms. The van der Waals surface area contributed by atoms with Crippen molar-refractivity contribution in [3.8, 4) is 5.75 Å². The SMILES string of the molecule is COC(=O)c1ccc([C@H](C)Nc2nccc3c2N(Cc2c(C)noc2C)CCO3)cc1. The van der Waals surface area contributed by atoms with Crippen LogP contribution in [0.5, 0.6) is 5.75 Å². The van der Waals surface area contributed by atoms with Crippen LogP contribution < -0.4 is 15.0 Å². The van der Waals surface area contributed by atoms with Crippen LogP contribution in [0, 0.1) is 13.8 Å². The summed E-state index contributed by atoms with van der Waals surface area (Å²) in [4.78, 5) is 18.5. The molecule has 4 rings (SSSR count). The van der Waals surface area contributed by atoms with Crippen LogP contribution in [0.1, 0.15) is 45.9 Å². The smallest absolute Gasteiger partial charge is 0.337 e. The first-order valence-corrected chi connectivity index (χ1v) is 10.2. The number of nitrogens with one attached hydrogen (secondary N) is 1. The minimum Gasteiger partial charge on any atom is -0.489 e. The van der Waals surface area contributed by atoms with Crippen LogP contribution in [0.3, 0.4) is 0 Å². The highest BCUT2D eigenvalue weighted by molar-refractivity contribution is 5.89. The monoisotopic (exact) mass is 422 g/mol. The molecule has 2 aromatic heterocycles. The zero-order valence-corrected chi connectivity index (χ0v) is 18.1. The van der Waals surface area contributed by atoms with Crippen molar-refractivity contribution in [2.24, 2.45) is 0 Å². The maximum absolute atomic E-state index is 11.7. The van der Waals surface area contributed by atoms with E-state index in [0.29, 0.717) is 18.7 Å². The molecule has 1 aliphatic heterocycles. The molecule has 3 heterocycles. The van der Waals surface area contributed by atoms with Gasteiger partial charge in [-0.2, -0.15) is 0 Å². The van der Waals surface area contributed by atoms with Gasteiger partial charge in [-0.3, -0.25) is 0 Å². The van der Waals surface area contributed by atoms with Crippen molar-refractivity contribution in [2.75, 3.05) is 30.5 Å². The van der Waals surface area contributed by atoms with Gasteiger partial charge in [-0.1, -0.05) is 17.3 Å². The Hall–Kier alpha value is -3.55. The summed E-state index contributed by atoms with van der Waals surface area (Å²) < 4.78 is 16.0. The van der Waals surface area contributed by atoms with E-state index in [9.17, 15) is 4.79 Å². The zero-order chi connectivity index (χ0) is 22.0. The quantitative estimate of drug-likeness (QED) is 0.595. The predicted molar refractivity (Wildman–Crippen MR) is 117 cm³/mol. The van der Waals surface area contributed by atoms with E-state index in [2.05, 4.69) is 27.3 Å². The second-order valence-electron chi connectivity index (χ2n) is 7.56. The average Bonchev–Trinajstić information content (AvgIpc) is 3.11. The van der Waals surface area contributed by atoms with Gasteiger partial charge in [0.25, 0.3) is 0 Å². The maximum atomic E-state index is 11.7. The van der Waals surface area contributed by atoms with Gasteiger partial charge in [0, 0.05) is 24.4 Å². The number of aromatic nitrogens is 2. The molecule has 0 saturated carbocycles. The lowest BCUT2D eigenvalue weighted by molar-refractivity contribution is 0.0600. The van der Waals surface area contributed by atoms with Crippen LogP contribution in [0.15, 0.2) is 41.1 Å². The van der Waals surface area contributed by atoms with Crippen LogP contribution in [-0.2, 0) is 11.3 Å². The lowest BCUT2D eigenvalue weighted by Gasteiger charge is -2.33. The summed E-state index contributed by atoms with van der Waals surface area (Å²) in [5.41, 5.74) is 4.44. The molecule has 0 aliphatic carbocycles. The molecule has 1 aromatic carbocycles. The van der Waals surface area contributed by atoms with Gasteiger partial charge in [-0.15, -0.1) is 0 Å². The van der Waals surface area contributed by atoms with E-state index in [1.54, 1.807) is 18.3 Å². The van der Waals surface area contributed by atoms with Crippen LogP contribution in [0.4, 0.5) is 11.5 Å². The molecule has 3 aromatic rings. The van der Waals surface area contributed by atoms with E-state index in [1.165, 1.54) is 7.11 Å². The Balaban J connectivity index is 1.59. The number of rotatable bonds is 6. The van der Waals surface area contributed by atoms with E-state index in [4.69, 9.17) is 14.0 Å². The van der Waals surface area contributed by atoms with E-state index in [-0.39, 0.29) is 12.0 Å². The fourth-order valence-electron chi connectivity index (χ4n) is 3.73. The number of carbonyl (C=O) groups excluding carboxylic acids is 1. The first kappa shape index (κ1) is 20.7. The van der Waals surface area contributed by atoms with Gasteiger partial charge in [0.2, 0.25) is 0 Å². The van der Waals surface area contributed by atoms with Gasteiger partial charge >= 0.3 is 5.97 Å². The first-order chi connectivity index (χ1) is 15.0. The number of fused-ring (bicyclic) bond motifs is 1. The third-order valence-corrected chi connectivity index (χ3v) is 5.54. The van der Waals surface area contributed by atoms with E-state index in [0.717, 1.165) is 46.4 Å². The van der Waals surface area contributed by atoms with Gasteiger partial charge in [0.15, 0.2) is 5.82 Å². The molecule has 0 bridgehead atoms. The maximum Gasteiger partial charge on any atom is 0.337 e. The molecule has 0 amide bonds. The number of ether oxygens (including phenoxy) is 2. The standard InChI is InChI=1S/C23H26N4O4/c1-14(17-5-7-18(8-6-17)23(28)29-4)25-22-21-20(9-10-24-22)30-12-11-27(21)13-19-15(2)26-31-16(19)3/h5-10,14H,11-13H2,1-4H3,(H,24,25)/t14-/m0/s1. The minimum absolute atomic E-state index is 0.0338.